The van der Waals surface area contributed by atoms with Gasteiger partial charge >= 0.3 is 0 Å². The number of ether oxygens (including phenoxy) is 2. The summed E-state index contributed by atoms with van der Waals surface area (Å²) >= 11 is 0. The summed E-state index contributed by atoms with van der Waals surface area (Å²) in [5, 5.41) is 0. The van der Waals surface area contributed by atoms with Gasteiger partial charge in [-0.05, 0) is 24.0 Å². The van der Waals surface area contributed by atoms with Gasteiger partial charge in [0.05, 0.1) is 12.1 Å². The molecular weight excluding hydrogens is 364 g/mol. The maximum atomic E-state index is 12.6. The van der Waals surface area contributed by atoms with Gasteiger partial charge in [-0.25, -0.2) is 0 Å². The van der Waals surface area contributed by atoms with Gasteiger partial charge in [0.1, 0.15) is 6.61 Å². The maximum Gasteiger partial charge on any atom is 0.248 e. The van der Waals surface area contributed by atoms with Crippen LogP contribution in [0.5, 0.6) is 0 Å². The van der Waals surface area contributed by atoms with Crippen LogP contribution in [0.4, 0.5) is 0 Å². The predicted molar refractivity (Wildman–Crippen MR) is 113 cm³/mol. The van der Waals surface area contributed by atoms with E-state index in [1.807, 2.05) is 4.90 Å². The third-order valence-electron chi connectivity index (χ3n) is 5.87. The lowest BCUT2D eigenvalue weighted by atomic mass is 9.96. The van der Waals surface area contributed by atoms with Crippen molar-refractivity contribution < 1.29 is 14.3 Å². The number of piperazine rings is 1. The molecule has 1 amide bonds. The van der Waals surface area contributed by atoms with Crippen molar-refractivity contribution in [2.24, 2.45) is 0 Å². The Morgan fingerprint density at radius 3 is 2.00 bits per heavy atom. The summed E-state index contributed by atoms with van der Waals surface area (Å²) in [6.07, 6.45) is 1.93. The van der Waals surface area contributed by atoms with Gasteiger partial charge in [0.25, 0.3) is 0 Å². The van der Waals surface area contributed by atoms with E-state index in [0.717, 1.165) is 52.2 Å². The molecule has 2 aliphatic heterocycles. The van der Waals surface area contributed by atoms with E-state index in [-0.39, 0.29) is 24.7 Å². The van der Waals surface area contributed by atoms with Crippen LogP contribution in [0, 0.1) is 0 Å². The Morgan fingerprint density at radius 1 is 0.897 bits per heavy atom. The second kappa shape index (κ2) is 10.0. The summed E-state index contributed by atoms with van der Waals surface area (Å²) in [5.74, 6) is 0.104. The molecule has 5 nitrogen and oxygen atoms in total. The van der Waals surface area contributed by atoms with Crippen molar-refractivity contribution in [1.82, 2.24) is 9.80 Å². The van der Waals surface area contributed by atoms with Crippen molar-refractivity contribution in [2.75, 3.05) is 46.0 Å². The highest BCUT2D eigenvalue weighted by Crippen LogP contribution is 2.29. The number of rotatable bonds is 6. The van der Waals surface area contributed by atoms with Gasteiger partial charge in [0, 0.05) is 39.4 Å². The molecule has 0 atom stereocenters. The van der Waals surface area contributed by atoms with E-state index in [1.54, 1.807) is 0 Å². The molecule has 0 aliphatic carbocycles. The lowest BCUT2D eigenvalue weighted by molar-refractivity contribution is -0.142. The van der Waals surface area contributed by atoms with Crippen LogP contribution in [0.2, 0.25) is 0 Å². The largest absolute Gasteiger partial charge is 0.381 e. The minimum absolute atomic E-state index is 0.104. The number of benzene rings is 2. The Kier molecular flexibility index (Phi) is 6.93. The first-order valence-electron chi connectivity index (χ1n) is 10.6. The van der Waals surface area contributed by atoms with Gasteiger partial charge in [-0.1, -0.05) is 60.7 Å². The summed E-state index contributed by atoms with van der Waals surface area (Å²) < 4.78 is 11.2. The summed E-state index contributed by atoms with van der Waals surface area (Å²) in [7, 11) is 0. The van der Waals surface area contributed by atoms with Crippen LogP contribution in [0.3, 0.4) is 0 Å². The van der Waals surface area contributed by atoms with Crippen molar-refractivity contribution in [3.8, 4) is 0 Å². The molecule has 2 aromatic rings. The minimum atomic E-state index is 0.104. The van der Waals surface area contributed by atoms with Gasteiger partial charge in [-0.2, -0.15) is 0 Å². The number of carbonyl (C=O) groups is 1. The Morgan fingerprint density at radius 2 is 1.45 bits per heavy atom. The number of nitrogens with zero attached hydrogens (tertiary/aromatic N) is 2. The first kappa shape index (κ1) is 20.1. The lowest BCUT2D eigenvalue weighted by Crippen LogP contribution is -2.51. The summed E-state index contributed by atoms with van der Waals surface area (Å²) in [6, 6.07) is 21.5. The van der Waals surface area contributed by atoms with Gasteiger partial charge < -0.3 is 14.4 Å². The third kappa shape index (κ3) is 5.24. The molecule has 0 aromatic heterocycles. The third-order valence-corrected chi connectivity index (χ3v) is 5.87. The highest BCUT2D eigenvalue weighted by molar-refractivity contribution is 5.77. The zero-order valence-corrected chi connectivity index (χ0v) is 16.9. The lowest BCUT2D eigenvalue weighted by Gasteiger charge is -2.40. The fourth-order valence-corrected chi connectivity index (χ4v) is 4.24. The highest BCUT2D eigenvalue weighted by atomic mass is 16.5. The predicted octanol–water partition coefficient (Wildman–Crippen LogP) is 3.12. The van der Waals surface area contributed by atoms with E-state index in [0.29, 0.717) is 0 Å². The van der Waals surface area contributed by atoms with Gasteiger partial charge in [0.2, 0.25) is 5.91 Å². The molecule has 2 saturated heterocycles. The molecule has 2 fully saturated rings. The van der Waals surface area contributed by atoms with E-state index in [1.165, 1.54) is 11.1 Å². The fraction of sp³-hybridized carbons (Fsp3) is 0.458. The second-order valence-electron chi connectivity index (χ2n) is 7.76. The number of hydrogen-bond donors (Lipinski definition) is 0. The van der Waals surface area contributed by atoms with Crippen LogP contribution in [-0.4, -0.2) is 67.8 Å². The zero-order valence-electron chi connectivity index (χ0n) is 16.9. The Hall–Kier alpha value is -2.21. The smallest absolute Gasteiger partial charge is 0.248 e. The van der Waals surface area contributed by atoms with Crippen molar-refractivity contribution in [3.63, 3.8) is 0 Å². The molecule has 0 radical (unpaired) electrons. The average molecular weight is 395 g/mol. The van der Waals surface area contributed by atoms with E-state index in [2.05, 4.69) is 65.6 Å². The molecular formula is C24H30N2O3. The van der Waals surface area contributed by atoms with Crippen LogP contribution in [-0.2, 0) is 14.3 Å². The highest BCUT2D eigenvalue weighted by Gasteiger charge is 2.28. The molecule has 2 aliphatic rings. The van der Waals surface area contributed by atoms with E-state index >= 15 is 0 Å². The number of carbonyl (C=O) groups excluding carboxylic acids is 1. The molecule has 0 unspecified atom stereocenters. The monoisotopic (exact) mass is 394 g/mol. The van der Waals surface area contributed by atoms with Crippen molar-refractivity contribution in [3.05, 3.63) is 71.8 Å². The Balaban J connectivity index is 1.36. The number of hydrogen-bond acceptors (Lipinski definition) is 4. The quantitative estimate of drug-likeness (QED) is 0.755. The SMILES string of the molecule is O=C(COC1CCOCC1)N1CCN(C(c2ccccc2)c2ccccc2)CC1. The first-order valence-corrected chi connectivity index (χ1v) is 10.6. The number of amides is 1. The molecule has 0 spiro atoms. The Bertz CT molecular complexity index is 715. The van der Waals surface area contributed by atoms with Crippen LogP contribution in [0.1, 0.15) is 30.0 Å². The van der Waals surface area contributed by atoms with Crippen molar-refractivity contribution >= 4 is 5.91 Å². The standard InChI is InChI=1S/C24H30N2O3/c27-23(19-29-22-11-17-28-18-12-22)25-13-15-26(16-14-25)24(20-7-3-1-4-8-20)21-9-5-2-6-10-21/h1-10,22,24H,11-19H2. The van der Waals surface area contributed by atoms with E-state index in [9.17, 15) is 4.79 Å². The normalized spacial score (nSPS) is 18.9. The Labute approximate surface area is 173 Å². The minimum Gasteiger partial charge on any atom is -0.381 e. The summed E-state index contributed by atoms with van der Waals surface area (Å²) in [6.45, 7) is 4.86. The van der Waals surface area contributed by atoms with Gasteiger partial charge in [-0.3, -0.25) is 9.69 Å². The molecule has 29 heavy (non-hydrogen) atoms. The van der Waals surface area contributed by atoms with Crippen LogP contribution in [0.25, 0.3) is 0 Å². The van der Waals surface area contributed by atoms with E-state index < -0.39 is 0 Å². The average Bonchev–Trinajstić information content (AvgIpc) is 2.80. The maximum absolute atomic E-state index is 12.6. The van der Waals surface area contributed by atoms with Crippen LogP contribution >= 0.6 is 0 Å². The molecule has 2 aromatic carbocycles. The summed E-state index contributed by atoms with van der Waals surface area (Å²) in [5.41, 5.74) is 2.59. The van der Waals surface area contributed by atoms with E-state index in [4.69, 9.17) is 9.47 Å². The molecule has 2 heterocycles. The molecule has 0 saturated carbocycles. The van der Waals surface area contributed by atoms with Gasteiger partial charge in [-0.15, -0.1) is 0 Å². The molecule has 5 heteroatoms. The molecule has 0 N–H and O–H groups in total. The fourth-order valence-electron chi connectivity index (χ4n) is 4.24. The summed E-state index contributed by atoms with van der Waals surface area (Å²) in [4.78, 5) is 17.0. The molecule has 154 valence electrons. The van der Waals surface area contributed by atoms with Gasteiger partial charge in [0.15, 0.2) is 0 Å². The first-order chi connectivity index (χ1) is 14.3. The second-order valence-corrected chi connectivity index (χ2v) is 7.76. The van der Waals surface area contributed by atoms with Crippen molar-refractivity contribution in [1.29, 1.82) is 0 Å². The molecule has 4 rings (SSSR count). The van der Waals surface area contributed by atoms with Crippen LogP contribution < -0.4 is 0 Å². The zero-order chi connectivity index (χ0) is 19.9. The van der Waals surface area contributed by atoms with Crippen LogP contribution in [0.15, 0.2) is 60.7 Å². The topological polar surface area (TPSA) is 42.0 Å². The van der Waals surface area contributed by atoms with Crippen molar-refractivity contribution in [2.45, 2.75) is 25.0 Å². The molecule has 0 bridgehead atoms.